The first-order chi connectivity index (χ1) is 9.11. The van der Waals surface area contributed by atoms with E-state index in [2.05, 4.69) is 67.1 Å². The van der Waals surface area contributed by atoms with E-state index in [4.69, 9.17) is 5.84 Å². The molecule has 1 unspecified atom stereocenters. The summed E-state index contributed by atoms with van der Waals surface area (Å²) < 4.78 is 4.32. The maximum Gasteiger partial charge on any atom is 0.108 e. The molecule has 1 aromatic carbocycles. The molecule has 0 aliphatic rings. The lowest BCUT2D eigenvalue weighted by Gasteiger charge is -2.18. The molecule has 0 bridgehead atoms. The van der Waals surface area contributed by atoms with E-state index in [0.29, 0.717) is 0 Å². The maximum atomic E-state index is 5.70. The Bertz CT molecular complexity index is 555. The number of halogens is 2. The van der Waals surface area contributed by atoms with Crippen LogP contribution in [0.15, 0.2) is 35.1 Å². The first-order valence-electron chi connectivity index (χ1n) is 5.99. The molecule has 2 aromatic rings. The van der Waals surface area contributed by atoms with Crippen LogP contribution in [0.2, 0.25) is 0 Å². The Kier molecular flexibility index (Phi) is 5.37. The minimum absolute atomic E-state index is 0.112. The van der Waals surface area contributed by atoms with Crippen molar-refractivity contribution in [2.75, 3.05) is 0 Å². The van der Waals surface area contributed by atoms with Gasteiger partial charge in [-0.3, -0.25) is 11.3 Å². The molecule has 0 amide bonds. The summed E-state index contributed by atoms with van der Waals surface area (Å²) in [5.41, 5.74) is 4.08. The molecule has 0 aliphatic carbocycles. The molecule has 1 heterocycles. The topological polar surface area (TPSA) is 55.9 Å². The maximum absolute atomic E-state index is 5.70. The number of aromatic nitrogens is 2. The van der Waals surface area contributed by atoms with Crippen molar-refractivity contribution < 1.29 is 0 Å². The minimum Gasteiger partial charge on any atom is -0.338 e. The zero-order chi connectivity index (χ0) is 13.8. The standard InChI is InChI=1S/C13H16BrIN4/c1-19-7-6-17-13(19)5-4-12(18-16)10-8-9(15)2-3-11(10)14/h2-3,6-8,12,18H,4-5,16H2,1H3. The van der Waals surface area contributed by atoms with Gasteiger partial charge in [-0.25, -0.2) is 4.98 Å². The Balaban J connectivity index is 2.12. The number of imidazole rings is 1. The van der Waals surface area contributed by atoms with Crippen molar-refractivity contribution in [1.29, 1.82) is 0 Å². The van der Waals surface area contributed by atoms with Crippen LogP contribution in [-0.2, 0) is 13.5 Å². The van der Waals surface area contributed by atoms with Crippen LogP contribution in [0.1, 0.15) is 23.9 Å². The predicted molar refractivity (Wildman–Crippen MR) is 88.5 cm³/mol. The number of aryl methyl sites for hydroxylation is 2. The van der Waals surface area contributed by atoms with Gasteiger partial charge in [0.05, 0.1) is 0 Å². The summed E-state index contributed by atoms with van der Waals surface area (Å²) in [4.78, 5) is 4.34. The second-order valence-corrected chi connectivity index (χ2v) is 6.48. The van der Waals surface area contributed by atoms with E-state index in [-0.39, 0.29) is 6.04 Å². The third-order valence-electron chi connectivity index (χ3n) is 3.11. The molecule has 4 nitrogen and oxygen atoms in total. The summed E-state index contributed by atoms with van der Waals surface area (Å²) in [5.74, 6) is 6.77. The number of hydrazine groups is 1. The van der Waals surface area contributed by atoms with E-state index in [0.717, 1.165) is 23.1 Å². The van der Waals surface area contributed by atoms with Crippen molar-refractivity contribution in [3.05, 3.63) is 50.0 Å². The number of nitrogens with zero attached hydrogens (tertiary/aromatic N) is 2. The minimum atomic E-state index is 0.112. The molecule has 102 valence electrons. The molecular formula is C13H16BrIN4. The van der Waals surface area contributed by atoms with Crippen molar-refractivity contribution in [2.24, 2.45) is 12.9 Å². The molecule has 0 saturated carbocycles. The fourth-order valence-electron chi connectivity index (χ4n) is 2.02. The van der Waals surface area contributed by atoms with E-state index in [1.54, 1.807) is 0 Å². The summed E-state index contributed by atoms with van der Waals surface area (Å²) in [6.07, 6.45) is 5.57. The third-order valence-corrected chi connectivity index (χ3v) is 4.51. The summed E-state index contributed by atoms with van der Waals surface area (Å²) >= 11 is 5.90. The number of rotatable bonds is 5. The van der Waals surface area contributed by atoms with Crippen molar-refractivity contribution in [3.8, 4) is 0 Å². The molecule has 2 rings (SSSR count). The molecule has 0 spiro atoms. The second-order valence-electron chi connectivity index (χ2n) is 4.38. The number of hydrogen-bond acceptors (Lipinski definition) is 3. The van der Waals surface area contributed by atoms with Gasteiger partial charge in [0.15, 0.2) is 0 Å². The summed E-state index contributed by atoms with van der Waals surface area (Å²) in [6, 6.07) is 6.39. The Morgan fingerprint density at radius 1 is 1.53 bits per heavy atom. The van der Waals surface area contributed by atoms with Crippen LogP contribution in [0.5, 0.6) is 0 Å². The predicted octanol–water partition coefficient (Wildman–Crippen LogP) is 2.92. The van der Waals surface area contributed by atoms with Gasteiger partial charge in [0.1, 0.15) is 5.82 Å². The normalized spacial score (nSPS) is 12.6. The molecule has 1 atom stereocenters. The molecule has 6 heteroatoms. The highest BCUT2D eigenvalue weighted by Crippen LogP contribution is 2.27. The van der Waals surface area contributed by atoms with E-state index < -0.39 is 0 Å². The van der Waals surface area contributed by atoms with Gasteiger partial charge in [0, 0.05) is 39.9 Å². The van der Waals surface area contributed by atoms with Crippen LogP contribution in [0.3, 0.4) is 0 Å². The lowest BCUT2D eigenvalue weighted by atomic mass is 10.0. The monoisotopic (exact) mass is 434 g/mol. The largest absolute Gasteiger partial charge is 0.338 e. The molecular weight excluding hydrogens is 419 g/mol. The van der Waals surface area contributed by atoms with Crippen LogP contribution in [0, 0.1) is 3.57 Å². The Morgan fingerprint density at radius 3 is 2.95 bits per heavy atom. The number of benzene rings is 1. The van der Waals surface area contributed by atoms with Crippen LogP contribution >= 0.6 is 38.5 Å². The fraction of sp³-hybridized carbons (Fsp3) is 0.308. The third kappa shape index (κ3) is 3.77. The van der Waals surface area contributed by atoms with Gasteiger partial charge in [-0.05, 0) is 52.8 Å². The van der Waals surface area contributed by atoms with Gasteiger partial charge in [0.2, 0.25) is 0 Å². The molecule has 0 saturated heterocycles. The van der Waals surface area contributed by atoms with E-state index >= 15 is 0 Å². The number of hydrogen-bond donors (Lipinski definition) is 2. The Morgan fingerprint density at radius 2 is 2.32 bits per heavy atom. The van der Waals surface area contributed by atoms with E-state index in [1.807, 2.05) is 24.0 Å². The summed E-state index contributed by atoms with van der Waals surface area (Å²) in [6.45, 7) is 0. The lowest BCUT2D eigenvalue weighted by Crippen LogP contribution is -2.29. The molecule has 0 radical (unpaired) electrons. The Hall–Kier alpha value is -0.440. The average Bonchev–Trinajstić information content (AvgIpc) is 2.80. The summed E-state index contributed by atoms with van der Waals surface area (Å²) in [7, 11) is 2.01. The fourth-order valence-corrected chi connectivity index (χ4v) is 3.06. The average molecular weight is 435 g/mol. The Labute approximate surface area is 135 Å². The second kappa shape index (κ2) is 6.83. The summed E-state index contributed by atoms with van der Waals surface area (Å²) in [5, 5.41) is 0. The zero-order valence-electron chi connectivity index (χ0n) is 10.6. The first-order valence-corrected chi connectivity index (χ1v) is 7.86. The highest BCUT2D eigenvalue weighted by Gasteiger charge is 2.14. The quantitative estimate of drug-likeness (QED) is 0.432. The molecule has 19 heavy (non-hydrogen) atoms. The highest BCUT2D eigenvalue weighted by atomic mass is 127. The highest BCUT2D eigenvalue weighted by molar-refractivity contribution is 14.1. The van der Waals surface area contributed by atoms with E-state index in [9.17, 15) is 0 Å². The van der Waals surface area contributed by atoms with Crippen molar-refractivity contribution in [1.82, 2.24) is 15.0 Å². The number of nitrogens with two attached hydrogens (primary N) is 1. The zero-order valence-corrected chi connectivity index (χ0v) is 14.3. The molecule has 0 aliphatic heterocycles. The SMILES string of the molecule is Cn1ccnc1CCC(NN)c1cc(I)ccc1Br. The van der Waals surface area contributed by atoms with Crippen molar-refractivity contribution >= 4 is 38.5 Å². The van der Waals surface area contributed by atoms with Gasteiger partial charge >= 0.3 is 0 Å². The van der Waals surface area contributed by atoms with Gasteiger partial charge in [-0.1, -0.05) is 15.9 Å². The van der Waals surface area contributed by atoms with Crippen LogP contribution in [-0.4, -0.2) is 9.55 Å². The van der Waals surface area contributed by atoms with Gasteiger partial charge in [-0.2, -0.15) is 0 Å². The smallest absolute Gasteiger partial charge is 0.108 e. The van der Waals surface area contributed by atoms with E-state index in [1.165, 1.54) is 9.13 Å². The van der Waals surface area contributed by atoms with Crippen LogP contribution in [0.25, 0.3) is 0 Å². The lowest BCUT2D eigenvalue weighted by molar-refractivity contribution is 0.504. The van der Waals surface area contributed by atoms with Crippen molar-refractivity contribution in [2.45, 2.75) is 18.9 Å². The van der Waals surface area contributed by atoms with Crippen LogP contribution in [0.4, 0.5) is 0 Å². The van der Waals surface area contributed by atoms with Gasteiger partial charge < -0.3 is 4.57 Å². The van der Waals surface area contributed by atoms with Gasteiger partial charge in [0.25, 0.3) is 0 Å². The molecule has 0 fully saturated rings. The van der Waals surface area contributed by atoms with Crippen LogP contribution < -0.4 is 11.3 Å². The first kappa shape index (κ1) is 15.0. The molecule has 3 N–H and O–H groups in total. The van der Waals surface area contributed by atoms with Crippen molar-refractivity contribution in [3.63, 3.8) is 0 Å². The number of nitrogens with one attached hydrogen (secondary N) is 1. The van der Waals surface area contributed by atoms with Gasteiger partial charge in [-0.15, -0.1) is 0 Å². The molecule has 1 aromatic heterocycles.